The monoisotopic (exact) mass is 257 g/mol. The van der Waals surface area contributed by atoms with Crippen LogP contribution in [0, 0.1) is 5.41 Å². The molecule has 98 valence electrons. The van der Waals surface area contributed by atoms with E-state index in [1.165, 1.54) is 11.9 Å². The number of nitrogens with one attached hydrogen (secondary N) is 1. The Morgan fingerprint density at radius 1 is 1.26 bits per heavy atom. The molecule has 0 saturated carbocycles. The molecule has 1 aromatic rings. The molecule has 5 nitrogen and oxygen atoms in total. The fraction of sp³-hybridized carbons (Fsp3) is 0.357. The van der Waals surface area contributed by atoms with Crippen molar-refractivity contribution in [3.8, 4) is 0 Å². The minimum atomic E-state index is -0.386. The Morgan fingerprint density at radius 2 is 2.00 bits per heavy atom. The maximum absolute atomic E-state index is 12.2. The molecule has 1 unspecified atom stereocenters. The van der Waals surface area contributed by atoms with Crippen molar-refractivity contribution in [3.05, 3.63) is 35.4 Å². The minimum absolute atomic E-state index is 0.135. The molecule has 1 aromatic carbocycles. The number of benzene rings is 1. The molecule has 3 rings (SSSR count). The van der Waals surface area contributed by atoms with Crippen LogP contribution in [-0.4, -0.2) is 40.5 Å². The van der Waals surface area contributed by atoms with E-state index in [0.29, 0.717) is 25.2 Å². The van der Waals surface area contributed by atoms with E-state index in [1.54, 1.807) is 4.90 Å². The van der Waals surface area contributed by atoms with E-state index in [4.69, 9.17) is 5.41 Å². The molecule has 0 aliphatic carbocycles. The van der Waals surface area contributed by atoms with Gasteiger partial charge in [-0.15, -0.1) is 0 Å². The highest BCUT2D eigenvalue weighted by atomic mass is 16.2. The van der Waals surface area contributed by atoms with Crippen molar-refractivity contribution in [2.75, 3.05) is 7.05 Å². The Labute approximate surface area is 111 Å². The quantitative estimate of drug-likeness (QED) is 0.763. The van der Waals surface area contributed by atoms with Gasteiger partial charge in [-0.1, -0.05) is 24.3 Å². The van der Waals surface area contributed by atoms with Gasteiger partial charge < -0.3 is 4.90 Å². The molecule has 2 aliphatic heterocycles. The van der Waals surface area contributed by atoms with Crippen molar-refractivity contribution in [2.45, 2.75) is 25.4 Å². The lowest BCUT2D eigenvalue weighted by molar-refractivity contribution is -0.149. The van der Waals surface area contributed by atoms with Crippen molar-refractivity contribution in [1.29, 1.82) is 5.41 Å². The van der Waals surface area contributed by atoms with Crippen molar-refractivity contribution in [3.63, 3.8) is 0 Å². The number of imide groups is 1. The van der Waals surface area contributed by atoms with Crippen LogP contribution in [0.25, 0.3) is 0 Å². The van der Waals surface area contributed by atoms with Crippen LogP contribution >= 0.6 is 0 Å². The van der Waals surface area contributed by atoms with Gasteiger partial charge in [0.25, 0.3) is 5.91 Å². The molecule has 1 N–H and O–H groups in total. The number of carbonyl (C=O) groups excluding carboxylic acids is 2. The van der Waals surface area contributed by atoms with Gasteiger partial charge in [0, 0.05) is 25.6 Å². The van der Waals surface area contributed by atoms with E-state index >= 15 is 0 Å². The smallest absolute Gasteiger partial charge is 0.251 e. The molecular weight excluding hydrogens is 242 g/mol. The third-order valence-electron chi connectivity index (χ3n) is 3.90. The molecule has 1 saturated heterocycles. The summed E-state index contributed by atoms with van der Waals surface area (Å²) in [5, 5.41) is 8.20. The molecule has 0 spiro atoms. The zero-order valence-corrected chi connectivity index (χ0v) is 10.7. The maximum atomic E-state index is 12.2. The average Bonchev–Trinajstić information content (AvgIpc) is 2.74. The summed E-state index contributed by atoms with van der Waals surface area (Å²) in [6, 6.07) is 7.33. The number of rotatable bonds is 1. The molecular formula is C14H15N3O2. The molecule has 5 heteroatoms. The Kier molecular flexibility index (Phi) is 2.62. The summed E-state index contributed by atoms with van der Waals surface area (Å²) >= 11 is 0. The van der Waals surface area contributed by atoms with Gasteiger partial charge in [0.05, 0.1) is 0 Å². The van der Waals surface area contributed by atoms with Crippen LogP contribution in [0.5, 0.6) is 0 Å². The zero-order valence-electron chi connectivity index (χ0n) is 10.7. The highest BCUT2D eigenvalue weighted by Crippen LogP contribution is 2.28. The van der Waals surface area contributed by atoms with Crippen LogP contribution in [0.15, 0.2) is 24.3 Å². The van der Waals surface area contributed by atoms with Crippen LogP contribution in [0.3, 0.4) is 0 Å². The summed E-state index contributed by atoms with van der Waals surface area (Å²) in [5.41, 5.74) is 1.95. The Balaban J connectivity index is 1.88. The van der Waals surface area contributed by atoms with Crippen molar-refractivity contribution >= 4 is 17.6 Å². The normalized spacial score (nSPS) is 23.0. The van der Waals surface area contributed by atoms with Gasteiger partial charge in [-0.25, -0.2) is 0 Å². The second-order valence-corrected chi connectivity index (χ2v) is 4.98. The summed E-state index contributed by atoms with van der Waals surface area (Å²) in [4.78, 5) is 26.7. The topological polar surface area (TPSA) is 64.5 Å². The number of piperidine rings is 1. The van der Waals surface area contributed by atoms with Gasteiger partial charge in [-0.05, 0) is 12.0 Å². The van der Waals surface area contributed by atoms with Gasteiger partial charge >= 0.3 is 0 Å². The molecule has 0 bridgehead atoms. The lowest BCUT2D eigenvalue weighted by Gasteiger charge is -2.34. The Morgan fingerprint density at radius 3 is 2.74 bits per heavy atom. The van der Waals surface area contributed by atoms with Gasteiger partial charge in [0.1, 0.15) is 11.9 Å². The highest BCUT2D eigenvalue weighted by Gasteiger charge is 2.39. The fourth-order valence-corrected chi connectivity index (χ4v) is 2.76. The number of hydrogen-bond acceptors (Lipinski definition) is 3. The van der Waals surface area contributed by atoms with Crippen molar-refractivity contribution in [1.82, 2.24) is 9.80 Å². The molecule has 2 heterocycles. The van der Waals surface area contributed by atoms with Crippen molar-refractivity contribution in [2.24, 2.45) is 0 Å². The van der Waals surface area contributed by atoms with Crippen LogP contribution in [0.1, 0.15) is 24.0 Å². The number of amidine groups is 1. The van der Waals surface area contributed by atoms with E-state index in [-0.39, 0.29) is 17.9 Å². The van der Waals surface area contributed by atoms with Crippen LogP contribution in [0.4, 0.5) is 0 Å². The fourth-order valence-electron chi connectivity index (χ4n) is 2.76. The summed E-state index contributed by atoms with van der Waals surface area (Å²) < 4.78 is 0. The van der Waals surface area contributed by atoms with Gasteiger partial charge in [-0.2, -0.15) is 0 Å². The third kappa shape index (κ3) is 1.73. The number of nitrogens with zero attached hydrogens (tertiary/aromatic N) is 2. The van der Waals surface area contributed by atoms with E-state index in [1.807, 2.05) is 24.3 Å². The SMILES string of the molecule is CN1C(=O)CCC(N2Cc3ccccc3C2=N)C1=O. The first-order valence-corrected chi connectivity index (χ1v) is 6.33. The standard InChI is InChI=1S/C14H15N3O2/c1-16-12(18)7-6-11(14(16)19)17-8-9-4-2-3-5-10(9)13(17)15/h2-5,11,15H,6-8H2,1H3. The first-order valence-electron chi connectivity index (χ1n) is 6.33. The predicted molar refractivity (Wildman–Crippen MR) is 69.6 cm³/mol. The molecule has 0 aromatic heterocycles. The number of hydrogen-bond donors (Lipinski definition) is 1. The zero-order chi connectivity index (χ0) is 13.6. The number of likely N-dealkylation sites (tertiary alicyclic amines) is 1. The Bertz CT molecular complexity index is 582. The van der Waals surface area contributed by atoms with Gasteiger partial charge in [0.15, 0.2) is 0 Å². The number of likely N-dealkylation sites (N-methyl/N-ethyl adjacent to an activating group) is 1. The molecule has 1 atom stereocenters. The van der Waals surface area contributed by atoms with Gasteiger partial charge in [-0.3, -0.25) is 19.9 Å². The number of carbonyl (C=O) groups is 2. The molecule has 1 fully saturated rings. The first kappa shape index (κ1) is 11.9. The van der Waals surface area contributed by atoms with E-state index in [2.05, 4.69) is 0 Å². The average molecular weight is 257 g/mol. The molecule has 0 radical (unpaired) electrons. The minimum Gasteiger partial charge on any atom is -0.340 e. The highest BCUT2D eigenvalue weighted by molar-refractivity contribution is 6.06. The Hall–Kier alpha value is -2.17. The van der Waals surface area contributed by atoms with Crippen LogP contribution in [-0.2, 0) is 16.1 Å². The summed E-state index contributed by atoms with van der Waals surface area (Å²) in [6.45, 7) is 0.577. The van der Waals surface area contributed by atoms with E-state index in [0.717, 1.165) is 11.1 Å². The number of amides is 2. The van der Waals surface area contributed by atoms with Crippen molar-refractivity contribution < 1.29 is 9.59 Å². The molecule has 19 heavy (non-hydrogen) atoms. The molecule has 2 amide bonds. The second kappa shape index (κ2) is 4.19. The summed E-state index contributed by atoms with van der Waals surface area (Å²) in [5.74, 6) is 0.0509. The van der Waals surface area contributed by atoms with E-state index in [9.17, 15) is 9.59 Å². The van der Waals surface area contributed by atoms with Gasteiger partial charge in [0.2, 0.25) is 5.91 Å². The lowest BCUT2D eigenvalue weighted by Crippen LogP contribution is -2.53. The largest absolute Gasteiger partial charge is 0.340 e. The third-order valence-corrected chi connectivity index (χ3v) is 3.90. The molecule has 2 aliphatic rings. The first-order chi connectivity index (χ1) is 9.09. The number of fused-ring (bicyclic) bond motifs is 1. The summed E-state index contributed by atoms with van der Waals surface area (Å²) in [6.07, 6.45) is 0.866. The summed E-state index contributed by atoms with van der Waals surface area (Å²) in [7, 11) is 1.52. The van der Waals surface area contributed by atoms with E-state index < -0.39 is 0 Å². The van der Waals surface area contributed by atoms with Crippen LogP contribution < -0.4 is 0 Å². The maximum Gasteiger partial charge on any atom is 0.251 e. The lowest BCUT2D eigenvalue weighted by atomic mass is 10.0. The second-order valence-electron chi connectivity index (χ2n) is 4.98. The predicted octanol–water partition coefficient (Wildman–Crippen LogP) is 0.975. The van der Waals surface area contributed by atoms with Crippen LogP contribution in [0.2, 0.25) is 0 Å².